The average Bonchev–Trinajstić information content (AvgIpc) is 2.92. The van der Waals surface area contributed by atoms with Gasteiger partial charge in [-0.2, -0.15) is 0 Å². The fourth-order valence-corrected chi connectivity index (χ4v) is 3.24. The Morgan fingerprint density at radius 2 is 1.50 bits per heavy atom. The van der Waals surface area contributed by atoms with E-state index in [9.17, 15) is 19.2 Å². The zero-order valence-corrected chi connectivity index (χ0v) is 16.0. The van der Waals surface area contributed by atoms with Crippen LogP contribution in [0.2, 0.25) is 0 Å². The third-order valence-corrected chi connectivity index (χ3v) is 4.88. The number of aryl methyl sites for hydroxylation is 2. The van der Waals surface area contributed by atoms with Crippen LogP contribution in [0.4, 0.5) is 4.79 Å². The Kier molecular flexibility index (Phi) is 5.68. The Morgan fingerprint density at radius 1 is 0.821 bits per heavy atom. The van der Waals surface area contributed by atoms with Crippen LogP contribution in [0.3, 0.4) is 0 Å². The summed E-state index contributed by atoms with van der Waals surface area (Å²) < 4.78 is 0. The molecule has 0 unspecified atom stereocenters. The third-order valence-electron chi connectivity index (χ3n) is 4.88. The molecule has 1 fully saturated rings. The first-order valence-electron chi connectivity index (χ1n) is 9.32. The zero-order chi connectivity index (χ0) is 20.3. The lowest BCUT2D eigenvalue weighted by Crippen LogP contribution is -2.37. The molecule has 0 bridgehead atoms. The van der Waals surface area contributed by atoms with Gasteiger partial charge in [-0.1, -0.05) is 56.3 Å². The molecule has 0 saturated carbocycles. The van der Waals surface area contributed by atoms with Gasteiger partial charge in [0.1, 0.15) is 0 Å². The molecule has 6 nitrogen and oxygen atoms in total. The van der Waals surface area contributed by atoms with Crippen molar-refractivity contribution in [2.75, 3.05) is 6.54 Å². The van der Waals surface area contributed by atoms with E-state index in [2.05, 4.69) is 0 Å². The van der Waals surface area contributed by atoms with Gasteiger partial charge < -0.3 is 0 Å². The highest BCUT2D eigenvalue weighted by atomic mass is 16.2. The summed E-state index contributed by atoms with van der Waals surface area (Å²) in [5.74, 6) is -2.21. The number of rotatable bonds is 7. The van der Waals surface area contributed by atoms with Crippen LogP contribution < -0.4 is 0 Å². The van der Waals surface area contributed by atoms with Crippen molar-refractivity contribution in [3.8, 4) is 0 Å². The van der Waals surface area contributed by atoms with Crippen LogP contribution in [0.25, 0.3) is 0 Å². The van der Waals surface area contributed by atoms with Crippen molar-refractivity contribution in [2.45, 2.75) is 33.2 Å². The second-order valence-electron chi connectivity index (χ2n) is 6.67. The highest BCUT2D eigenvalue weighted by Gasteiger charge is 2.45. The largest absolute Gasteiger partial charge is 0.334 e. The first-order chi connectivity index (χ1) is 13.5. The van der Waals surface area contributed by atoms with E-state index in [1.165, 1.54) is 0 Å². The summed E-state index contributed by atoms with van der Waals surface area (Å²) in [6, 6.07) is 13.8. The molecule has 0 radical (unpaired) electrons. The number of imide groups is 2. The predicted octanol–water partition coefficient (Wildman–Crippen LogP) is 2.99. The molecule has 1 heterocycles. The summed E-state index contributed by atoms with van der Waals surface area (Å²) in [5, 5.41) is 0. The fraction of sp³-hybridized carbons (Fsp3) is 0.273. The lowest BCUT2D eigenvalue weighted by molar-refractivity contribution is -0.143. The number of urea groups is 1. The zero-order valence-electron chi connectivity index (χ0n) is 16.0. The van der Waals surface area contributed by atoms with Gasteiger partial charge in [0.05, 0.1) is 13.1 Å². The van der Waals surface area contributed by atoms with Crippen molar-refractivity contribution < 1.29 is 19.2 Å². The summed E-state index contributed by atoms with van der Waals surface area (Å²) in [6.07, 6.45) is 1.43. The molecular weight excluding hydrogens is 356 g/mol. The molecule has 2 aromatic carbocycles. The van der Waals surface area contributed by atoms with Gasteiger partial charge in [-0.25, -0.2) is 9.69 Å². The molecule has 0 atom stereocenters. The van der Waals surface area contributed by atoms with E-state index in [4.69, 9.17) is 0 Å². The number of ketones is 1. The van der Waals surface area contributed by atoms with Crippen LogP contribution in [0.1, 0.15) is 40.9 Å². The number of hydrogen-bond acceptors (Lipinski definition) is 4. The molecule has 3 rings (SSSR count). The Labute approximate surface area is 163 Å². The topological polar surface area (TPSA) is 74.8 Å². The van der Waals surface area contributed by atoms with E-state index in [0.29, 0.717) is 12.0 Å². The lowest BCUT2D eigenvalue weighted by atomic mass is 9.97. The number of Topliss-reactive ketones (excluding diaryl/α,β-unsaturated/α-hetero) is 1. The third kappa shape index (κ3) is 3.71. The summed E-state index contributed by atoms with van der Waals surface area (Å²) in [7, 11) is 0. The van der Waals surface area contributed by atoms with E-state index in [1.807, 2.05) is 32.0 Å². The molecule has 1 aliphatic rings. The summed E-state index contributed by atoms with van der Waals surface area (Å²) in [6.45, 7) is 3.49. The summed E-state index contributed by atoms with van der Waals surface area (Å²) in [4.78, 5) is 51.7. The minimum atomic E-state index is -0.959. The van der Waals surface area contributed by atoms with Crippen molar-refractivity contribution in [3.63, 3.8) is 0 Å². The lowest BCUT2D eigenvalue weighted by Gasteiger charge is -2.16. The van der Waals surface area contributed by atoms with Crippen molar-refractivity contribution in [1.29, 1.82) is 0 Å². The van der Waals surface area contributed by atoms with Gasteiger partial charge in [-0.05, 0) is 35.6 Å². The maximum atomic E-state index is 12.8. The number of benzene rings is 2. The maximum Gasteiger partial charge on any atom is 0.334 e. The second-order valence-corrected chi connectivity index (χ2v) is 6.67. The number of carbonyl (C=O) groups excluding carboxylic acids is 4. The number of carbonyl (C=O) groups is 4. The smallest absolute Gasteiger partial charge is 0.292 e. The average molecular weight is 378 g/mol. The first-order valence-corrected chi connectivity index (χ1v) is 9.32. The molecule has 0 aliphatic carbocycles. The van der Waals surface area contributed by atoms with Gasteiger partial charge >= 0.3 is 17.8 Å². The molecule has 1 saturated heterocycles. The molecule has 28 heavy (non-hydrogen) atoms. The van der Waals surface area contributed by atoms with Crippen molar-refractivity contribution in [1.82, 2.24) is 9.80 Å². The quantitative estimate of drug-likeness (QED) is 0.422. The van der Waals surface area contributed by atoms with Crippen LogP contribution >= 0.6 is 0 Å². The standard InChI is InChI=1S/C22H22N2O4/c1-3-15-10-11-17(4-2)18(12-15)19(25)14-24-21(27)20(26)23(22(24)28)13-16-8-6-5-7-9-16/h5-12H,3-4,13-14H2,1-2H3. The molecule has 6 heteroatoms. The maximum absolute atomic E-state index is 12.8. The van der Waals surface area contributed by atoms with Crippen LogP contribution in [-0.4, -0.2) is 40.0 Å². The molecule has 2 aromatic rings. The van der Waals surface area contributed by atoms with Gasteiger partial charge in [0, 0.05) is 5.56 Å². The van der Waals surface area contributed by atoms with Crippen molar-refractivity contribution in [2.24, 2.45) is 0 Å². The second kappa shape index (κ2) is 8.17. The molecule has 4 amide bonds. The monoisotopic (exact) mass is 378 g/mol. The number of hydrogen-bond donors (Lipinski definition) is 0. The molecule has 144 valence electrons. The van der Waals surface area contributed by atoms with Gasteiger partial charge in [-0.15, -0.1) is 0 Å². The van der Waals surface area contributed by atoms with Crippen LogP contribution in [0.15, 0.2) is 48.5 Å². The van der Waals surface area contributed by atoms with Crippen LogP contribution in [0.5, 0.6) is 0 Å². The van der Waals surface area contributed by atoms with E-state index >= 15 is 0 Å². The molecule has 0 spiro atoms. The Bertz CT molecular complexity index is 937. The van der Waals surface area contributed by atoms with Gasteiger partial charge in [0.2, 0.25) is 0 Å². The van der Waals surface area contributed by atoms with Crippen molar-refractivity contribution >= 4 is 23.6 Å². The SMILES string of the molecule is CCc1ccc(CC)c(C(=O)CN2C(=O)C(=O)N(Cc3ccccc3)C2=O)c1. The predicted molar refractivity (Wildman–Crippen MR) is 104 cm³/mol. The van der Waals surface area contributed by atoms with Crippen LogP contribution in [0, 0.1) is 0 Å². The molecule has 0 aromatic heterocycles. The highest BCUT2D eigenvalue weighted by molar-refractivity contribution is 6.45. The Morgan fingerprint density at radius 3 is 2.14 bits per heavy atom. The highest BCUT2D eigenvalue weighted by Crippen LogP contribution is 2.19. The van der Waals surface area contributed by atoms with Crippen LogP contribution in [-0.2, 0) is 29.0 Å². The normalized spacial score (nSPS) is 14.1. The van der Waals surface area contributed by atoms with E-state index in [1.54, 1.807) is 30.3 Å². The summed E-state index contributed by atoms with van der Waals surface area (Å²) >= 11 is 0. The van der Waals surface area contributed by atoms with E-state index in [-0.39, 0.29) is 12.3 Å². The first kappa shape index (κ1) is 19.5. The minimum Gasteiger partial charge on any atom is -0.292 e. The number of amides is 4. The van der Waals surface area contributed by atoms with E-state index < -0.39 is 24.4 Å². The minimum absolute atomic E-state index is 0.000463. The van der Waals surface area contributed by atoms with Gasteiger partial charge in [0.25, 0.3) is 0 Å². The van der Waals surface area contributed by atoms with E-state index in [0.717, 1.165) is 32.9 Å². The van der Waals surface area contributed by atoms with Crippen molar-refractivity contribution in [3.05, 3.63) is 70.8 Å². The fourth-order valence-electron chi connectivity index (χ4n) is 3.24. The summed E-state index contributed by atoms with van der Waals surface area (Å²) in [5.41, 5.74) is 3.08. The molecule has 1 aliphatic heterocycles. The Hall–Kier alpha value is -3.28. The molecule has 0 N–H and O–H groups in total. The van der Waals surface area contributed by atoms with Gasteiger partial charge in [-0.3, -0.25) is 19.3 Å². The Balaban J connectivity index is 1.81. The number of nitrogens with zero attached hydrogens (tertiary/aromatic N) is 2. The molecular formula is C22H22N2O4. The van der Waals surface area contributed by atoms with Gasteiger partial charge in [0.15, 0.2) is 5.78 Å².